The fourth-order valence-corrected chi connectivity index (χ4v) is 2.36. The molecule has 0 fully saturated rings. The highest BCUT2D eigenvalue weighted by Gasteiger charge is 2.16. The quantitative estimate of drug-likeness (QED) is 0.815. The van der Waals surface area contributed by atoms with Gasteiger partial charge in [-0.25, -0.2) is 0 Å². The highest BCUT2D eigenvalue weighted by Crippen LogP contribution is 2.29. The number of nitrogens with two attached hydrogens (primary N) is 1. The first-order valence-corrected chi connectivity index (χ1v) is 6.07. The molecular weight excluding hydrogens is 212 g/mol. The Morgan fingerprint density at radius 3 is 3.12 bits per heavy atom. The zero-order chi connectivity index (χ0) is 11.8. The molecule has 0 saturated heterocycles. The van der Waals surface area contributed by atoms with Crippen LogP contribution in [-0.2, 0) is 24.2 Å². The maximum Gasteiger partial charge on any atom is 0.0755 e. The zero-order valence-corrected chi connectivity index (χ0v) is 9.99. The molecule has 0 amide bonds. The van der Waals surface area contributed by atoms with Crippen LogP contribution in [0.4, 0.5) is 5.69 Å². The Bertz CT molecular complexity index is 578. The lowest BCUT2D eigenvalue weighted by Gasteiger charge is -2.19. The highest BCUT2D eigenvalue weighted by molar-refractivity contribution is 5.92. The molecule has 0 radical (unpaired) electrons. The first-order valence-electron chi connectivity index (χ1n) is 6.07. The molecule has 88 valence electrons. The number of ether oxygens (including phenoxy) is 1. The Balaban J connectivity index is 2.28. The summed E-state index contributed by atoms with van der Waals surface area (Å²) in [6.07, 6.45) is 1.88. The van der Waals surface area contributed by atoms with Crippen LogP contribution in [0, 0.1) is 0 Å². The minimum atomic E-state index is 0.598. The summed E-state index contributed by atoms with van der Waals surface area (Å²) in [4.78, 5) is 4.69. The topological polar surface area (TPSA) is 48.1 Å². The van der Waals surface area contributed by atoms with Gasteiger partial charge in [0, 0.05) is 23.1 Å². The lowest BCUT2D eigenvalue weighted by molar-refractivity contribution is 0.110. The second-order valence-corrected chi connectivity index (χ2v) is 4.46. The van der Waals surface area contributed by atoms with Gasteiger partial charge in [0.2, 0.25) is 0 Å². The molecule has 1 aromatic heterocycles. The van der Waals surface area contributed by atoms with Crippen molar-refractivity contribution in [2.24, 2.45) is 0 Å². The van der Waals surface area contributed by atoms with Crippen LogP contribution in [0.5, 0.6) is 0 Å². The molecule has 3 nitrogen and oxygen atoms in total. The number of fused-ring (bicyclic) bond motifs is 2. The third-order valence-electron chi connectivity index (χ3n) is 3.42. The highest BCUT2D eigenvalue weighted by atomic mass is 16.5. The Labute approximate surface area is 101 Å². The number of aryl methyl sites for hydroxylation is 1. The standard InChI is InChI=1S/C14H16N2O/c1-2-9-3-4-12-10(7-9)14(15)11-8-17-6-5-13(11)16-12/h3-4,7H,2,5-6,8H2,1H3,(H2,15,16). The maximum atomic E-state index is 6.24. The summed E-state index contributed by atoms with van der Waals surface area (Å²) >= 11 is 0. The SMILES string of the molecule is CCc1ccc2nc3c(c(N)c2c1)COCC3. The second kappa shape index (κ2) is 4.00. The van der Waals surface area contributed by atoms with Gasteiger partial charge in [-0.1, -0.05) is 13.0 Å². The van der Waals surface area contributed by atoms with Crippen LogP contribution in [0.1, 0.15) is 23.7 Å². The van der Waals surface area contributed by atoms with E-state index in [1.54, 1.807) is 0 Å². The molecule has 0 saturated carbocycles. The number of hydrogen-bond acceptors (Lipinski definition) is 3. The van der Waals surface area contributed by atoms with E-state index in [1.807, 2.05) is 0 Å². The number of aromatic nitrogens is 1. The third kappa shape index (κ3) is 1.67. The van der Waals surface area contributed by atoms with Crippen LogP contribution in [0.2, 0.25) is 0 Å². The van der Waals surface area contributed by atoms with E-state index in [2.05, 4.69) is 25.1 Å². The minimum Gasteiger partial charge on any atom is -0.398 e. The van der Waals surface area contributed by atoms with Crippen molar-refractivity contribution in [3.05, 3.63) is 35.0 Å². The normalized spacial score (nSPS) is 14.9. The van der Waals surface area contributed by atoms with Crippen molar-refractivity contribution >= 4 is 16.6 Å². The van der Waals surface area contributed by atoms with Crippen molar-refractivity contribution in [3.63, 3.8) is 0 Å². The molecule has 2 heterocycles. The van der Waals surface area contributed by atoms with Crippen molar-refractivity contribution < 1.29 is 4.74 Å². The molecule has 2 N–H and O–H groups in total. The van der Waals surface area contributed by atoms with Crippen molar-refractivity contribution in [1.29, 1.82) is 0 Å². The molecule has 0 spiro atoms. The summed E-state index contributed by atoms with van der Waals surface area (Å²) in [6, 6.07) is 6.34. The van der Waals surface area contributed by atoms with E-state index in [1.165, 1.54) is 5.56 Å². The summed E-state index contributed by atoms with van der Waals surface area (Å²) in [7, 11) is 0. The van der Waals surface area contributed by atoms with Gasteiger partial charge < -0.3 is 10.5 Å². The van der Waals surface area contributed by atoms with Crippen molar-refractivity contribution in [3.8, 4) is 0 Å². The molecule has 2 aromatic rings. The maximum absolute atomic E-state index is 6.24. The first kappa shape index (κ1) is 10.5. The number of rotatable bonds is 1. The third-order valence-corrected chi connectivity index (χ3v) is 3.42. The Kier molecular flexibility index (Phi) is 2.48. The van der Waals surface area contributed by atoms with E-state index in [-0.39, 0.29) is 0 Å². The fourth-order valence-electron chi connectivity index (χ4n) is 2.36. The Morgan fingerprint density at radius 2 is 2.29 bits per heavy atom. The fraction of sp³-hybridized carbons (Fsp3) is 0.357. The van der Waals surface area contributed by atoms with Gasteiger partial charge >= 0.3 is 0 Å². The number of hydrogen-bond donors (Lipinski definition) is 1. The number of anilines is 1. The summed E-state index contributed by atoms with van der Waals surface area (Å²) < 4.78 is 5.46. The van der Waals surface area contributed by atoms with Crippen molar-refractivity contribution in [2.75, 3.05) is 12.3 Å². The average Bonchev–Trinajstić information content (AvgIpc) is 2.39. The number of benzene rings is 1. The van der Waals surface area contributed by atoms with Crippen LogP contribution in [-0.4, -0.2) is 11.6 Å². The van der Waals surface area contributed by atoms with Gasteiger partial charge in [-0.2, -0.15) is 0 Å². The molecule has 3 heteroatoms. The zero-order valence-electron chi connectivity index (χ0n) is 9.99. The van der Waals surface area contributed by atoms with Gasteiger partial charge in [0.1, 0.15) is 0 Å². The number of nitrogen functional groups attached to an aromatic ring is 1. The smallest absolute Gasteiger partial charge is 0.0755 e. The molecule has 0 bridgehead atoms. The number of pyridine rings is 1. The van der Waals surface area contributed by atoms with E-state index < -0.39 is 0 Å². The summed E-state index contributed by atoms with van der Waals surface area (Å²) in [6.45, 7) is 3.49. The molecule has 0 aliphatic carbocycles. The van der Waals surface area contributed by atoms with Crippen LogP contribution < -0.4 is 5.73 Å². The lowest BCUT2D eigenvalue weighted by Crippen LogP contribution is -2.14. The van der Waals surface area contributed by atoms with Crippen LogP contribution in [0.3, 0.4) is 0 Å². The van der Waals surface area contributed by atoms with E-state index in [4.69, 9.17) is 15.5 Å². The minimum absolute atomic E-state index is 0.598. The van der Waals surface area contributed by atoms with Gasteiger partial charge in [-0.3, -0.25) is 4.98 Å². The predicted molar refractivity (Wildman–Crippen MR) is 68.9 cm³/mol. The molecule has 0 unspecified atom stereocenters. The van der Waals surface area contributed by atoms with Crippen molar-refractivity contribution in [2.45, 2.75) is 26.4 Å². The molecular formula is C14H16N2O. The van der Waals surface area contributed by atoms with Gasteiger partial charge in [0.15, 0.2) is 0 Å². The van der Waals surface area contributed by atoms with E-state index in [9.17, 15) is 0 Å². The second-order valence-electron chi connectivity index (χ2n) is 4.46. The van der Waals surface area contributed by atoms with Crippen LogP contribution in [0.15, 0.2) is 18.2 Å². The van der Waals surface area contributed by atoms with Crippen LogP contribution >= 0.6 is 0 Å². The average molecular weight is 228 g/mol. The van der Waals surface area contributed by atoms with Crippen molar-refractivity contribution in [1.82, 2.24) is 4.98 Å². The summed E-state index contributed by atoms with van der Waals surface area (Å²) in [5.74, 6) is 0. The first-order chi connectivity index (χ1) is 8.29. The predicted octanol–water partition coefficient (Wildman–Crippen LogP) is 2.45. The molecule has 1 aliphatic heterocycles. The number of nitrogens with zero attached hydrogens (tertiary/aromatic N) is 1. The Hall–Kier alpha value is -1.61. The Morgan fingerprint density at radius 1 is 1.41 bits per heavy atom. The van der Waals surface area contributed by atoms with Gasteiger partial charge in [-0.05, 0) is 24.1 Å². The monoisotopic (exact) mass is 228 g/mol. The molecule has 1 aromatic carbocycles. The molecule has 17 heavy (non-hydrogen) atoms. The molecule has 1 aliphatic rings. The van der Waals surface area contributed by atoms with E-state index in [0.29, 0.717) is 6.61 Å². The van der Waals surface area contributed by atoms with E-state index >= 15 is 0 Å². The van der Waals surface area contributed by atoms with Gasteiger partial charge in [0.05, 0.1) is 24.4 Å². The largest absolute Gasteiger partial charge is 0.398 e. The summed E-state index contributed by atoms with van der Waals surface area (Å²) in [5.41, 5.74) is 11.6. The van der Waals surface area contributed by atoms with Gasteiger partial charge in [0.25, 0.3) is 0 Å². The summed E-state index contributed by atoms with van der Waals surface area (Å²) in [5, 5.41) is 1.06. The molecule has 3 rings (SSSR count). The lowest BCUT2D eigenvalue weighted by atomic mass is 10.0. The molecule has 0 atom stereocenters. The van der Waals surface area contributed by atoms with Crippen LogP contribution in [0.25, 0.3) is 10.9 Å². The van der Waals surface area contributed by atoms with E-state index in [0.717, 1.165) is 47.3 Å². The van der Waals surface area contributed by atoms with Gasteiger partial charge in [-0.15, -0.1) is 0 Å².